The summed E-state index contributed by atoms with van der Waals surface area (Å²) in [4.78, 5) is 35.1. The lowest BCUT2D eigenvalue weighted by Crippen LogP contribution is -2.38. The molecule has 0 spiro atoms. The SMILES string of the molecule is CCOC(=O)c1cc(C(=O)NC2CCc3ccccc3C2)cc([N+](=O)[O-])c1. The number of benzene rings is 2. The second kappa shape index (κ2) is 7.99. The number of esters is 1. The highest BCUT2D eigenvalue weighted by Crippen LogP contribution is 2.22. The van der Waals surface area contributed by atoms with Crippen LogP contribution in [0.4, 0.5) is 5.69 Å². The molecule has 0 fully saturated rings. The van der Waals surface area contributed by atoms with E-state index in [4.69, 9.17) is 4.74 Å². The second-order valence-corrected chi connectivity index (χ2v) is 6.43. The molecular weight excluding hydrogens is 348 g/mol. The number of nitro benzene ring substituents is 1. The molecule has 0 heterocycles. The van der Waals surface area contributed by atoms with Crippen molar-refractivity contribution in [2.45, 2.75) is 32.2 Å². The summed E-state index contributed by atoms with van der Waals surface area (Å²) < 4.78 is 4.89. The molecule has 0 radical (unpaired) electrons. The van der Waals surface area contributed by atoms with Crippen LogP contribution in [0, 0.1) is 10.1 Å². The van der Waals surface area contributed by atoms with Crippen molar-refractivity contribution in [2.75, 3.05) is 6.61 Å². The first-order valence-electron chi connectivity index (χ1n) is 8.82. The molecule has 7 nitrogen and oxygen atoms in total. The van der Waals surface area contributed by atoms with Crippen LogP contribution in [-0.2, 0) is 17.6 Å². The number of hydrogen-bond donors (Lipinski definition) is 1. The minimum atomic E-state index is -0.693. The number of carbonyl (C=O) groups excluding carboxylic acids is 2. The quantitative estimate of drug-likeness (QED) is 0.497. The fourth-order valence-electron chi connectivity index (χ4n) is 3.27. The first-order valence-corrected chi connectivity index (χ1v) is 8.82. The van der Waals surface area contributed by atoms with E-state index in [2.05, 4.69) is 11.4 Å². The highest BCUT2D eigenvalue weighted by atomic mass is 16.6. The van der Waals surface area contributed by atoms with E-state index in [-0.39, 0.29) is 29.5 Å². The first-order chi connectivity index (χ1) is 13.0. The average molecular weight is 368 g/mol. The van der Waals surface area contributed by atoms with E-state index in [1.54, 1.807) is 6.92 Å². The Labute approximate surface area is 156 Å². The Balaban J connectivity index is 1.80. The number of carbonyl (C=O) groups is 2. The Morgan fingerprint density at radius 3 is 2.59 bits per heavy atom. The number of hydrogen-bond acceptors (Lipinski definition) is 5. The summed E-state index contributed by atoms with van der Waals surface area (Å²) in [6.07, 6.45) is 2.37. The summed E-state index contributed by atoms with van der Waals surface area (Å²) in [5, 5.41) is 14.1. The highest BCUT2D eigenvalue weighted by molar-refractivity contribution is 5.99. The minimum Gasteiger partial charge on any atom is -0.462 e. The number of rotatable bonds is 5. The van der Waals surface area contributed by atoms with Crippen molar-refractivity contribution >= 4 is 17.6 Å². The van der Waals surface area contributed by atoms with Gasteiger partial charge in [0.2, 0.25) is 0 Å². The zero-order valence-corrected chi connectivity index (χ0v) is 14.9. The molecule has 1 amide bonds. The molecule has 1 atom stereocenters. The monoisotopic (exact) mass is 368 g/mol. The third-order valence-electron chi connectivity index (χ3n) is 4.58. The fourth-order valence-corrected chi connectivity index (χ4v) is 3.27. The molecule has 27 heavy (non-hydrogen) atoms. The summed E-state index contributed by atoms with van der Waals surface area (Å²) >= 11 is 0. The van der Waals surface area contributed by atoms with Gasteiger partial charge >= 0.3 is 5.97 Å². The lowest BCUT2D eigenvalue weighted by molar-refractivity contribution is -0.384. The van der Waals surface area contributed by atoms with Crippen LogP contribution in [0.15, 0.2) is 42.5 Å². The van der Waals surface area contributed by atoms with E-state index < -0.39 is 16.8 Å². The molecule has 140 valence electrons. The lowest BCUT2D eigenvalue weighted by atomic mass is 9.88. The van der Waals surface area contributed by atoms with Crippen molar-refractivity contribution in [1.29, 1.82) is 0 Å². The maximum Gasteiger partial charge on any atom is 0.338 e. The van der Waals surface area contributed by atoms with Gasteiger partial charge in [-0.3, -0.25) is 14.9 Å². The molecule has 1 aliphatic rings. The number of nitrogens with one attached hydrogen (secondary N) is 1. The van der Waals surface area contributed by atoms with Crippen LogP contribution < -0.4 is 5.32 Å². The summed E-state index contributed by atoms with van der Waals surface area (Å²) in [7, 11) is 0. The number of aryl methyl sites for hydroxylation is 1. The Kier molecular flexibility index (Phi) is 5.49. The smallest absolute Gasteiger partial charge is 0.338 e. The van der Waals surface area contributed by atoms with Gasteiger partial charge in [-0.15, -0.1) is 0 Å². The van der Waals surface area contributed by atoms with E-state index in [1.165, 1.54) is 23.3 Å². The Bertz CT molecular complexity index is 894. The van der Waals surface area contributed by atoms with Crippen LogP contribution in [-0.4, -0.2) is 29.4 Å². The number of nitro groups is 1. The molecule has 0 bridgehead atoms. The number of ether oxygens (including phenoxy) is 1. The van der Waals surface area contributed by atoms with E-state index in [0.717, 1.165) is 18.9 Å². The number of fused-ring (bicyclic) bond motifs is 1. The van der Waals surface area contributed by atoms with Crippen LogP contribution in [0.3, 0.4) is 0 Å². The van der Waals surface area contributed by atoms with Crippen LogP contribution in [0.5, 0.6) is 0 Å². The minimum absolute atomic E-state index is 0.00908. The molecule has 1 aliphatic carbocycles. The molecule has 0 saturated carbocycles. The van der Waals surface area contributed by atoms with Gasteiger partial charge in [-0.25, -0.2) is 4.79 Å². The largest absolute Gasteiger partial charge is 0.462 e. The fraction of sp³-hybridized carbons (Fsp3) is 0.300. The predicted molar refractivity (Wildman–Crippen MR) is 98.8 cm³/mol. The van der Waals surface area contributed by atoms with Crippen molar-refractivity contribution < 1.29 is 19.2 Å². The van der Waals surface area contributed by atoms with E-state index >= 15 is 0 Å². The van der Waals surface area contributed by atoms with Gasteiger partial charge in [0, 0.05) is 23.7 Å². The molecule has 1 N–H and O–H groups in total. The summed E-state index contributed by atoms with van der Waals surface area (Å²) in [6.45, 7) is 1.79. The Hall–Kier alpha value is -3.22. The van der Waals surface area contributed by atoms with Crippen molar-refractivity contribution in [1.82, 2.24) is 5.32 Å². The van der Waals surface area contributed by atoms with Gasteiger partial charge in [-0.05, 0) is 43.4 Å². The van der Waals surface area contributed by atoms with Crippen molar-refractivity contribution in [3.63, 3.8) is 0 Å². The summed E-state index contributed by atoms with van der Waals surface area (Å²) in [5.74, 6) is -1.13. The normalized spacial score (nSPS) is 15.5. The Morgan fingerprint density at radius 1 is 1.19 bits per heavy atom. The summed E-state index contributed by atoms with van der Waals surface area (Å²) in [6, 6.07) is 11.7. The van der Waals surface area contributed by atoms with Gasteiger partial charge in [-0.2, -0.15) is 0 Å². The third-order valence-corrected chi connectivity index (χ3v) is 4.58. The molecule has 2 aromatic carbocycles. The van der Waals surface area contributed by atoms with Crippen LogP contribution in [0.25, 0.3) is 0 Å². The standard InChI is InChI=1S/C20H20N2O5/c1-2-27-20(24)16-9-15(11-18(12-16)22(25)26)19(23)21-17-8-7-13-5-3-4-6-14(13)10-17/h3-6,9,11-12,17H,2,7-8,10H2,1H3,(H,21,23). The summed E-state index contributed by atoms with van der Waals surface area (Å²) in [5.41, 5.74) is 2.22. The van der Waals surface area contributed by atoms with E-state index in [9.17, 15) is 19.7 Å². The second-order valence-electron chi connectivity index (χ2n) is 6.43. The zero-order valence-electron chi connectivity index (χ0n) is 14.9. The van der Waals surface area contributed by atoms with E-state index in [1.807, 2.05) is 18.2 Å². The zero-order chi connectivity index (χ0) is 19.4. The van der Waals surface area contributed by atoms with Crippen LogP contribution in [0.1, 0.15) is 45.2 Å². The molecule has 2 aromatic rings. The third kappa shape index (κ3) is 4.31. The van der Waals surface area contributed by atoms with Crippen molar-refractivity contribution in [3.8, 4) is 0 Å². The molecule has 0 aliphatic heterocycles. The molecule has 3 rings (SSSR count). The number of non-ortho nitro benzene ring substituents is 1. The van der Waals surface area contributed by atoms with Gasteiger partial charge < -0.3 is 10.1 Å². The number of amides is 1. The van der Waals surface area contributed by atoms with Crippen LogP contribution in [0.2, 0.25) is 0 Å². The van der Waals surface area contributed by atoms with Gasteiger partial charge in [0.05, 0.1) is 17.1 Å². The van der Waals surface area contributed by atoms with Gasteiger partial charge in [0.1, 0.15) is 0 Å². The molecule has 1 unspecified atom stereocenters. The van der Waals surface area contributed by atoms with Crippen molar-refractivity contribution in [3.05, 3.63) is 74.8 Å². The number of nitrogens with zero attached hydrogens (tertiary/aromatic N) is 1. The lowest BCUT2D eigenvalue weighted by Gasteiger charge is -2.25. The van der Waals surface area contributed by atoms with Crippen molar-refractivity contribution in [2.24, 2.45) is 0 Å². The van der Waals surface area contributed by atoms with E-state index in [0.29, 0.717) is 6.42 Å². The van der Waals surface area contributed by atoms with Crippen LogP contribution >= 0.6 is 0 Å². The van der Waals surface area contributed by atoms with Gasteiger partial charge in [0.15, 0.2) is 0 Å². The molecular formula is C20H20N2O5. The molecule has 0 aromatic heterocycles. The first kappa shape index (κ1) is 18.6. The molecule has 0 saturated heterocycles. The average Bonchev–Trinajstić information content (AvgIpc) is 2.67. The Morgan fingerprint density at radius 2 is 1.89 bits per heavy atom. The highest BCUT2D eigenvalue weighted by Gasteiger charge is 2.23. The predicted octanol–water partition coefficient (Wildman–Crippen LogP) is 3.06. The maximum absolute atomic E-state index is 12.6. The van der Waals surface area contributed by atoms with Gasteiger partial charge in [0.25, 0.3) is 11.6 Å². The van der Waals surface area contributed by atoms with Gasteiger partial charge in [-0.1, -0.05) is 24.3 Å². The molecule has 7 heteroatoms. The topological polar surface area (TPSA) is 98.5 Å². The maximum atomic E-state index is 12.6.